The van der Waals surface area contributed by atoms with Gasteiger partial charge in [0, 0.05) is 32.9 Å². The summed E-state index contributed by atoms with van der Waals surface area (Å²) in [5.74, 6) is -0.123. The highest BCUT2D eigenvalue weighted by Gasteiger charge is 2.27. The van der Waals surface area contributed by atoms with E-state index in [1.807, 2.05) is 37.8 Å². The molecule has 9 heteroatoms. The van der Waals surface area contributed by atoms with Crippen LogP contribution in [0, 0.1) is 18.3 Å². The first-order valence-electron chi connectivity index (χ1n) is 10.2. The van der Waals surface area contributed by atoms with Crippen molar-refractivity contribution in [1.82, 2.24) is 14.7 Å². The molecular formula is C22H27N5O4. The molecule has 2 aromatic heterocycles. The predicted octanol–water partition coefficient (Wildman–Crippen LogP) is 1.29. The SMILES string of the molecule is COCCNC(=O)/C(C#N)=C/c1c(N2C[C@H](C)O[C@@H](C)C2)nc2c(C)cccn2c1=O. The van der Waals surface area contributed by atoms with E-state index in [9.17, 15) is 14.9 Å². The zero-order chi connectivity index (χ0) is 22.5. The summed E-state index contributed by atoms with van der Waals surface area (Å²) in [7, 11) is 1.52. The van der Waals surface area contributed by atoms with Gasteiger partial charge < -0.3 is 19.7 Å². The van der Waals surface area contributed by atoms with Crippen molar-refractivity contribution in [3.05, 3.63) is 45.4 Å². The monoisotopic (exact) mass is 425 g/mol. The molecule has 1 amide bonds. The van der Waals surface area contributed by atoms with E-state index in [-0.39, 0.29) is 35.4 Å². The average molecular weight is 425 g/mol. The Hall–Kier alpha value is -3.22. The molecule has 1 fully saturated rings. The number of amides is 1. The minimum absolute atomic E-state index is 0.0505. The summed E-state index contributed by atoms with van der Waals surface area (Å²) in [6, 6.07) is 5.55. The fourth-order valence-electron chi connectivity index (χ4n) is 3.67. The van der Waals surface area contributed by atoms with E-state index >= 15 is 0 Å². The second-order valence-electron chi connectivity index (χ2n) is 7.62. The molecule has 1 N–H and O–H groups in total. The standard InChI is InChI=1S/C22H27N5O4/c1-14-6-5-8-27-19(14)25-20(26-12-15(2)31-16(3)13-26)18(22(27)29)10-17(11-23)21(28)24-7-9-30-4/h5-6,8,10,15-16H,7,9,12-13H2,1-4H3,(H,24,28)/b17-10+/t15-,16-/m0/s1. The number of pyridine rings is 1. The maximum Gasteiger partial charge on any atom is 0.267 e. The normalized spacial score (nSPS) is 19.3. The van der Waals surface area contributed by atoms with Gasteiger partial charge in [0.05, 0.1) is 24.4 Å². The minimum Gasteiger partial charge on any atom is -0.383 e. The molecule has 0 bridgehead atoms. The quantitative estimate of drug-likeness (QED) is 0.422. The molecule has 31 heavy (non-hydrogen) atoms. The molecule has 1 aliphatic heterocycles. The average Bonchev–Trinajstić information content (AvgIpc) is 2.73. The van der Waals surface area contributed by atoms with Crippen LogP contribution in [0.3, 0.4) is 0 Å². The molecule has 1 saturated heterocycles. The lowest BCUT2D eigenvalue weighted by atomic mass is 10.1. The number of rotatable bonds is 6. The van der Waals surface area contributed by atoms with Gasteiger partial charge in [0.25, 0.3) is 11.5 Å². The summed E-state index contributed by atoms with van der Waals surface area (Å²) in [4.78, 5) is 32.6. The number of fused-ring (bicyclic) bond motifs is 1. The fourth-order valence-corrected chi connectivity index (χ4v) is 3.67. The van der Waals surface area contributed by atoms with Crippen LogP contribution in [0.4, 0.5) is 5.82 Å². The summed E-state index contributed by atoms with van der Waals surface area (Å²) in [5, 5.41) is 12.2. The van der Waals surface area contributed by atoms with Crippen LogP contribution in [0.15, 0.2) is 28.7 Å². The number of carbonyl (C=O) groups excluding carboxylic acids is 1. The zero-order valence-corrected chi connectivity index (χ0v) is 18.2. The Kier molecular flexibility index (Phi) is 7.05. The number of methoxy groups -OCH3 is 1. The molecule has 3 rings (SSSR count). The fraction of sp³-hybridized carbons (Fsp3) is 0.455. The summed E-state index contributed by atoms with van der Waals surface area (Å²) < 4.78 is 12.2. The van der Waals surface area contributed by atoms with Crippen molar-refractivity contribution in [3.8, 4) is 6.07 Å². The molecule has 9 nitrogen and oxygen atoms in total. The number of morpholine rings is 1. The topological polar surface area (TPSA) is 109 Å². The van der Waals surface area contributed by atoms with Gasteiger partial charge in [-0.15, -0.1) is 0 Å². The van der Waals surface area contributed by atoms with Crippen LogP contribution in [0.25, 0.3) is 11.7 Å². The molecule has 2 atom stereocenters. The van der Waals surface area contributed by atoms with Crippen molar-refractivity contribution in [2.75, 3.05) is 38.3 Å². The molecule has 0 spiro atoms. The van der Waals surface area contributed by atoms with Gasteiger partial charge in [-0.1, -0.05) is 6.07 Å². The maximum atomic E-state index is 13.4. The van der Waals surface area contributed by atoms with Gasteiger partial charge in [-0.2, -0.15) is 5.26 Å². The number of hydrogen-bond donors (Lipinski definition) is 1. The van der Waals surface area contributed by atoms with Crippen molar-refractivity contribution in [1.29, 1.82) is 5.26 Å². The lowest BCUT2D eigenvalue weighted by molar-refractivity contribution is -0.117. The van der Waals surface area contributed by atoms with E-state index in [1.165, 1.54) is 17.6 Å². The number of carbonyl (C=O) groups is 1. The van der Waals surface area contributed by atoms with E-state index < -0.39 is 5.91 Å². The van der Waals surface area contributed by atoms with Gasteiger partial charge in [-0.05, 0) is 38.5 Å². The van der Waals surface area contributed by atoms with E-state index in [1.54, 1.807) is 12.3 Å². The summed E-state index contributed by atoms with van der Waals surface area (Å²) in [5.41, 5.74) is 1.08. The Balaban J connectivity index is 2.16. The van der Waals surface area contributed by atoms with Gasteiger partial charge in [-0.3, -0.25) is 14.0 Å². The molecule has 1 aliphatic rings. The number of nitriles is 1. The third-order valence-electron chi connectivity index (χ3n) is 5.03. The number of anilines is 1. The number of nitrogens with zero attached hydrogens (tertiary/aromatic N) is 4. The summed E-state index contributed by atoms with van der Waals surface area (Å²) >= 11 is 0. The van der Waals surface area contributed by atoms with Gasteiger partial charge in [-0.25, -0.2) is 4.98 Å². The first-order valence-corrected chi connectivity index (χ1v) is 10.2. The van der Waals surface area contributed by atoms with E-state index in [0.717, 1.165) is 5.56 Å². The maximum absolute atomic E-state index is 13.4. The third kappa shape index (κ3) is 4.93. The number of aryl methyl sites for hydroxylation is 1. The number of hydrogen-bond acceptors (Lipinski definition) is 7. The lowest BCUT2D eigenvalue weighted by Gasteiger charge is -2.36. The Morgan fingerprint density at radius 3 is 2.77 bits per heavy atom. The number of nitrogens with one attached hydrogen (secondary N) is 1. The van der Waals surface area contributed by atoms with Gasteiger partial charge in [0.2, 0.25) is 0 Å². The number of ether oxygens (including phenoxy) is 2. The van der Waals surface area contributed by atoms with Gasteiger partial charge in [0.15, 0.2) is 0 Å². The van der Waals surface area contributed by atoms with Crippen molar-refractivity contribution in [3.63, 3.8) is 0 Å². The zero-order valence-electron chi connectivity index (χ0n) is 18.2. The Labute approximate surface area is 180 Å². The highest BCUT2D eigenvalue weighted by atomic mass is 16.5. The van der Waals surface area contributed by atoms with Crippen LogP contribution in [0.5, 0.6) is 0 Å². The molecule has 0 unspecified atom stereocenters. The smallest absolute Gasteiger partial charge is 0.267 e. The molecule has 0 aliphatic carbocycles. The van der Waals surface area contributed by atoms with Crippen molar-refractivity contribution >= 4 is 23.4 Å². The van der Waals surface area contributed by atoms with E-state index in [2.05, 4.69) is 5.32 Å². The highest BCUT2D eigenvalue weighted by Crippen LogP contribution is 2.24. The van der Waals surface area contributed by atoms with Crippen LogP contribution >= 0.6 is 0 Å². The second kappa shape index (κ2) is 9.73. The molecule has 3 heterocycles. The molecule has 2 aromatic rings. The van der Waals surface area contributed by atoms with Crippen LogP contribution in [0.2, 0.25) is 0 Å². The summed E-state index contributed by atoms with van der Waals surface area (Å²) in [6.07, 6.45) is 2.86. The second-order valence-corrected chi connectivity index (χ2v) is 7.62. The van der Waals surface area contributed by atoms with Gasteiger partial charge >= 0.3 is 0 Å². The molecule has 0 saturated carbocycles. The van der Waals surface area contributed by atoms with Crippen LogP contribution in [0.1, 0.15) is 25.0 Å². The molecule has 0 radical (unpaired) electrons. The first kappa shape index (κ1) is 22.5. The van der Waals surface area contributed by atoms with E-state index in [4.69, 9.17) is 14.5 Å². The van der Waals surface area contributed by atoms with Crippen molar-refractivity contribution in [2.45, 2.75) is 33.0 Å². The Morgan fingerprint density at radius 2 is 2.13 bits per heavy atom. The molecular weight excluding hydrogens is 398 g/mol. The van der Waals surface area contributed by atoms with Crippen molar-refractivity contribution in [2.24, 2.45) is 0 Å². The summed E-state index contributed by atoms with van der Waals surface area (Å²) in [6.45, 7) is 7.47. The third-order valence-corrected chi connectivity index (χ3v) is 5.03. The first-order chi connectivity index (χ1) is 14.8. The Bertz CT molecular complexity index is 1090. The van der Waals surface area contributed by atoms with E-state index in [0.29, 0.717) is 31.2 Å². The molecule has 164 valence electrons. The lowest BCUT2D eigenvalue weighted by Crippen LogP contribution is -2.46. The van der Waals surface area contributed by atoms with Crippen molar-refractivity contribution < 1.29 is 14.3 Å². The predicted molar refractivity (Wildman–Crippen MR) is 117 cm³/mol. The van der Waals surface area contributed by atoms with Crippen LogP contribution in [-0.4, -0.2) is 60.9 Å². The van der Waals surface area contributed by atoms with Gasteiger partial charge in [0.1, 0.15) is 23.1 Å². The van der Waals surface area contributed by atoms with Crippen LogP contribution < -0.4 is 15.8 Å². The molecule has 0 aromatic carbocycles. The largest absolute Gasteiger partial charge is 0.383 e. The Morgan fingerprint density at radius 1 is 1.42 bits per heavy atom. The number of aromatic nitrogens is 2. The highest BCUT2D eigenvalue weighted by molar-refractivity contribution is 6.02. The minimum atomic E-state index is -0.567. The van der Waals surface area contributed by atoms with Crippen LogP contribution in [-0.2, 0) is 14.3 Å².